The first-order valence-corrected chi connectivity index (χ1v) is 6.34. The van der Waals surface area contributed by atoms with Crippen molar-refractivity contribution in [2.45, 2.75) is 0 Å². The summed E-state index contributed by atoms with van der Waals surface area (Å²) in [5.41, 5.74) is 0.142. The molecule has 0 radical (unpaired) electrons. The van der Waals surface area contributed by atoms with Crippen LogP contribution < -0.4 is 5.32 Å². The quantitative estimate of drug-likeness (QED) is 0.902. The number of carboxylic acid groups (broad SMARTS) is 1. The Labute approximate surface area is 124 Å². The molecule has 6 heteroatoms. The van der Waals surface area contributed by atoms with Gasteiger partial charge in [-0.2, -0.15) is 0 Å². The molecule has 1 amide bonds. The van der Waals surface area contributed by atoms with Gasteiger partial charge in [-0.15, -0.1) is 0 Å². The van der Waals surface area contributed by atoms with Crippen LogP contribution in [0.4, 0.5) is 5.69 Å². The summed E-state index contributed by atoms with van der Waals surface area (Å²) >= 11 is 11.8. The van der Waals surface area contributed by atoms with Crippen LogP contribution in [0.3, 0.4) is 0 Å². The van der Waals surface area contributed by atoms with Crippen LogP contribution in [0, 0.1) is 0 Å². The first kappa shape index (κ1) is 14.4. The van der Waals surface area contributed by atoms with Crippen LogP contribution in [0.2, 0.25) is 10.0 Å². The maximum absolute atomic E-state index is 12.0. The molecule has 0 aliphatic rings. The Morgan fingerprint density at radius 1 is 0.950 bits per heavy atom. The number of benzene rings is 2. The van der Waals surface area contributed by atoms with Gasteiger partial charge in [-0.1, -0.05) is 41.4 Å². The Morgan fingerprint density at radius 2 is 1.55 bits per heavy atom. The van der Waals surface area contributed by atoms with E-state index in [1.165, 1.54) is 12.1 Å². The summed E-state index contributed by atoms with van der Waals surface area (Å²) in [6.07, 6.45) is 0. The molecule has 2 aromatic rings. The fraction of sp³-hybridized carbons (Fsp3) is 0. The van der Waals surface area contributed by atoms with Gasteiger partial charge in [-0.05, 0) is 24.3 Å². The van der Waals surface area contributed by atoms with Gasteiger partial charge in [-0.3, -0.25) is 4.79 Å². The molecule has 0 spiro atoms. The summed E-state index contributed by atoms with van der Waals surface area (Å²) in [7, 11) is 0. The fourth-order valence-electron chi connectivity index (χ4n) is 1.66. The van der Waals surface area contributed by atoms with E-state index < -0.39 is 11.9 Å². The number of rotatable bonds is 3. The molecule has 0 saturated heterocycles. The van der Waals surface area contributed by atoms with E-state index in [0.29, 0.717) is 5.56 Å². The lowest BCUT2D eigenvalue weighted by molar-refractivity contribution is 0.0698. The molecule has 0 aliphatic heterocycles. The highest BCUT2D eigenvalue weighted by atomic mass is 35.5. The standard InChI is InChI=1S/C14H9Cl2NO3/c15-9-6-7-10(16)12(11(9)14(19)20)17-13(18)8-4-2-1-3-5-8/h1-7H,(H,17,18)(H,19,20). The third kappa shape index (κ3) is 2.92. The summed E-state index contributed by atoms with van der Waals surface area (Å²) in [5.74, 6) is -1.72. The summed E-state index contributed by atoms with van der Waals surface area (Å²) in [5, 5.41) is 11.8. The van der Waals surface area contributed by atoms with E-state index in [2.05, 4.69) is 5.32 Å². The Bertz CT molecular complexity index is 672. The van der Waals surface area contributed by atoms with Crippen molar-refractivity contribution >= 4 is 40.8 Å². The predicted octanol–water partition coefficient (Wildman–Crippen LogP) is 3.94. The summed E-state index contributed by atoms with van der Waals surface area (Å²) in [6, 6.07) is 11.2. The smallest absolute Gasteiger partial charge is 0.339 e. The number of carbonyl (C=O) groups excluding carboxylic acids is 1. The van der Waals surface area contributed by atoms with Crippen molar-refractivity contribution in [1.82, 2.24) is 0 Å². The van der Waals surface area contributed by atoms with E-state index in [-0.39, 0.29) is 21.3 Å². The SMILES string of the molecule is O=C(Nc1c(Cl)ccc(Cl)c1C(=O)O)c1ccccc1. The Balaban J connectivity index is 2.41. The molecule has 0 bridgehead atoms. The number of hydrogen-bond donors (Lipinski definition) is 2. The Hall–Kier alpha value is -2.04. The molecule has 0 aliphatic carbocycles. The largest absolute Gasteiger partial charge is 0.478 e. The number of hydrogen-bond acceptors (Lipinski definition) is 2. The first-order valence-electron chi connectivity index (χ1n) is 5.58. The van der Waals surface area contributed by atoms with Gasteiger partial charge >= 0.3 is 5.97 Å². The maximum Gasteiger partial charge on any atom is 0.339 e. The molecule has 0 fully saturated rings. The second-order valence-corrected chi connectivity index (χ2v) is 4.72. The summed E-state index contributed by atoms with van der Waals surface area (Å²) in [4.78, 5) is 23.3. The second kappa shape index (κ2) is 5.94. The molecule has 0 saturated carbocycles. The lowest BCUT2D eigenvalue weighted by Gasteiger charge is -2.11. The molecule has 0 atom stereocenters. The average molecular weight is 310 g/mol. The van der Waals surface area contributed by atoms with E-state index in [1.807, 2.05) is 0 Å². The minimum absolute atomic E-state index is 0.00487. The monoisotopic (exact) mass is 309 g/mol. The molecule has 2 rings (SSSR count). The zero-order chi connectivity index (χ0) is 14.7. The van der Waals surface area contributed by atoms with Crippen molar-refractivity contribution in [2.75, 3.05) is 5.32 Å². The van der Waals surface area contributed by atoms with Crippen molar-refractivity contribution in [2.24, 2.45) is 0 Å². The van der Waals surface area contributed by atoms with E-state index in [9.17, 15) is 9.59 Å². The maximum atomic E-state index is 12.0. The number of halogens is 2. The van der Waals surface area contributed by atoms with Gasteiger partial charge in [0.2, 0.25) is 0 Å². The molecule has 0 aromatic heterocycles. The molecule has 0 heterocycles. The predicted molar refractivity (Wildman–Crippen MR) is 77.8 cm³/mol. The van der Waals surface area contributed by atoms with Gasteiger partial charge in [0, 0.05) is 5.56 Å². The third-order valence-corrected chi connectivity index (χ3v) is 3.22. The highest BCUT2D eigenvalue weighted by molar-refractivity contribution is 6.38. The Kier molecular flexibility index (Phi) is 4.27. The van der Waals surface area contributed by atoms with Gasteiger partial charge in [0.25, 0.3) is 5.91 Å². The molecule has 0 unspecified atom stereocenters. The Morgan fingerprint density at radius 3 is 2.15 bits per heavy atom. The van der Waals surface area contributed by atoms with Gasteiger partial charge in [0.1, 0.15) is 5.56 Å². The molecular formula is C14H9Cl2NO3. The van der Waals surface area contributed by atoms with E-state index in [1.54, 1.807) is 30.3 Å². The topological polar surface area (TPSA) is 66.4 Å². The number of nitrogens with one attached hydrogen (secondary N) is 1. The van der Waals surface area contributed by atoms with E-state index in [0.717, 1.165) is 0 Å². The van der Waals surface area contributed by atoms with Crippen molar-refractivity contribution in [3.05, 3.63) is 63.6 Å². The lowest BCUT2D eigenvalue weighted by Crippen LogP contribution is -2.15. The van der Waals surface area contributed by atoms with Crippen LogP contribution >= 0.6 is 23.2 Å². The number of amides is 1. The fourth-order valence-corrected chi connectivity index (χ4v) is 2.10. The van der Waals surface area contributed by atoms with Gasteiger partial charge < -0.3 is 10.4 Å². The van der Waals surface area contributed by atoms with E-state index >= 15 is 0 Å². The highest BCUT2D eigenvalue weighted by Gasteiger charge is 2.20. The molecule has 4 nitrogen and oxygen atoms in total. The summed E-state index contributed by atoms with van der Waals surface area (Å²) < 4.78 is 0. The van der Waals surface area contributed by atoms with E-state index in [4.69, 9.17) is 28.3 Å². The first-order chi connectivity index (χ1) is 9.50. The van der Waals surface area contributed by atoms with Crippen LogP contribution in [0.15, 0.2) is 42.5 Å². The zero-order valence-corrected chi connectivity index (χ0v) is 11.6. The van der Waals surface area contributed by atoms with Crippen molar-refractivity contribution in [3.63, 3.8) is 0 Å². The van der Waals surface area contributed by atoms with Crippen LogP contribution in [-0.4, -0.2) is 17.0 Å². The number of carboxylic acids is 1. The highest BCUT2D eigenvalue weighted by Crippen LogP contribution is 2.32. The van der Waals surface area contributed by atoms with Gasteiger partial charge in [-0.25, -0.2) is 4.79 Å². The van der Waals surface area contributed by atoms with Crippen LogP contribution in [0.25, 0.3) is 0 Å². The molecular weight excluding hydrogens is 301 g/mol. The minimum Gasteiger partial charge on any atom is -0.478 e. The normalized spacial score (nSPS) is 10.1. The van der Waals surface area contributed by atoms with Gasteiger partial charge in [0.05, 0.1) is 15.7 Å². The molecule has 2 N–H and O–H groups in total. The lowest BCUT2D eigenvalue weighted by atomic mass is 10.1. The van der Waals surface area contributed by atoms with Crippen molar-refractivity contribution in [1.29, 1.82) is 0 Å². The second-order valence-electron chi connectivity index (χ2n) is 3.90. The molecule has 20 heavy (non-hydrogen) atoms. The number of aromatic carboxylic acids is 1. The van der Waals surface area contributed by atoms with Crippen molar-refractivity contribution < 1.29 is 14.7 Å². The third-order valence-electron chi connectivity index (χ3n) is 2.59. The molecule has 102 valence electrons. The van der Waals surface area contributed by atoms with Crippen molar-refractivity contribution in [3.8, 4) is 0 Å². The number of carbonyl (C=O) groups is 2. The van der Waals surface area contributed by atoms with Crippen LogP contribution in [0.5, 0.6) is 0 Å². The molecule has 2 aromatic carbocycles. The zero-order valence-electron chi connectivity index (χ0n) is 10.1. The van der Waals surface area contributed by atoms with Crippen LogP contribution in [0.1, 0.15) is 20.7 Å². The average Bonchev–Trinajstić information content (AvgIpc) is 2.43. The van der Waals surface area contributed by atoms with Crippen LogP contribution in [-0.2, 0) is 0 Å². The van der Waals surface area contributed by atoms with Gasteiger partial charge in [0.15, 0.2) is 0 Å². The summed E-state index contributed by atoms with van der Waals surface area (Å²) in [6.45, 7) is 0. The number of anilines is 1. The minimum atomic E-state index is -1.26.